The summed E-state index contributed by atoms with van der Waals surface area (Å²) in [7, 11) is 0. The Morgan fingerprint density at radius 2 is 1.74 bits per heavy atom. The zero-order valence-electron chi connectivity index (χ0n) is 11.4. The van der Waals surface area contributed by atoms with Crippen LogP contribution in [0.2, 0.25) is 0 Å². The standard InChI is InChI=1S/C11H8N.C5H10N.Ir.H/c1-2-6-10(7-3-1)11-8-4-5-9-12-11;1-5(2,3)6-4;;/h1-6,8-9H;4H,1-3H3;;/q2*-1;+2;. The smallest absolute Gasteiger partial charge is 0.0160 e. The fraction of sp³-hybridized carbons (Fsp3) is 0.250. The van der Waals surface area contributed by atoms with Gasteiger partial charge in [-0.15, -0.1) is 35.9 Å². The van der Waals surface area contributed by atoms with E-state index >= 15 is 0 Å². The van der Waals surface area contributed by atoms with E-state index in [2.05, 4.69) is 16.0 Å². The normalized spacial score (nSPS) is 9.63. The molecule has 0 spiro atoms. The van der Waals surface area contributed by atoms with E-state index < -0.39 is 0 Å². The Balaban J connectivity index is 0.000000404. The van der Waals surface area contributed by atoms with Gasteiger partial charge in [0.15, 0.2) is 0 Å². The van der Waals surface area contributed by atoms with Gasteiger partial charge in [0.2, 0.25) is 0 Å². The molecule has 0 saturated carbocycles. The molecule has 102 valence electrons. The van der Waals surface area contributed by atoms with E-state index in [1.165, 1.54) is 0 Å². The van der Waals surface area contributed by atoms with Crippen molar-refractivity contribution in [1.29, 1.82) is 0 Å². The van der Waals surface area contributed by atoms with Crippen molar-refractivity contribution in [2.75, 3.05) is 0 Å². The quantitative estimate of drug-likeness (QED) is 0.500. The molecule has 0 N–H and O–H groups in total. The minimum Gasteiger partial charge on any atom is -0.305 e. The van der Waals surface area contributed by atoms with Crippen molar-refractivity contribution in [3.8, 4) is 11.3 Å². The molecule has 0 aliphatic heterocycles. The maximum Gasteiger partial charge on any atom is 0.0160 e. The van der Waals surface area contributed by atoms with E-state index in [9.17, 15) is 0 Å². The Kier molecular flexibility index (Phi) is 8.13. The van der Waals surface area contributed by atoms with Crippen molar-refractivity contribution in [1.82, 2.24) is 4.98 Å². The number of benzene rings is 1. The van der Waals surface area contributed by atoms with Crippen LogP contribution in [0.4, 0.5) is 0 Å². The van der Waals surface area contributed by atoms with Crippen molar-refractivity contribution < 1.29 is 20.1 Å². The summed E-state index contributed by atoms with van der Waals surface area (Å²) in [6.45, 7) is 10.8. The number of nitrogens with zero attached hydrogens (tertiary/aromatic N) is 2. The fourth-order valence-corrected chi connectivity index (χ4v) is 1.07. The number of hydrogen-bond donors (Lipinski definition) is 0. The van der Waals surface area contributed by atoms with Gasteiger partial charge >= 0.3 is 20.1 Å². The molecular formula is C16H19IrN2. The molecule has 1 heterocycles. The topological polar surface area (TPSA) is 25.2 Å². The van der Waals surface area contributed by atoms with Gasteiger partial charge in [-0.2, -0.15) is 0 Å². The van der Waals surface area contributed by atoms with E-state index in [-0.39, 0.29) is 25.6 Å². The number of rotatable bonds is 1. The minimum atomic E-state index is -0.0556. The fourth-order valence-electron chi connectivity index (χ4n) is 1.07. The molecule has 0 aliphatic rings. The van der Waals surface area contributed by atoms with E-state index in [1.807, 2.05) is 63.2 Å². The van der Waals surface area contributed by atoms with Crippen molar-refractivity contribution in [2.45, 2.75) is 26.3 Å². The third-order valence-corrected chi connectivity index (χ3v) is 2.04. The molecule has 0 atom stereocenters. The van der Waals surface area contributed by atoms with Gasteiger partial charge in [0.25, 0.3) is 0 Å². The summed E-state index contributed by atoms with van der Waals surface area (Å²) in [5.41, 5.74) is 1.95. The molecule has 1 aromatic carbocycles. The van der Waals surface area contributed by atoms with Crippen LogP contribution in [0.15, 0.2) is 53.7 Å². The third kappa shape index (κ3) is 7.66. The monoisotopic (exact) mass is 432 g/mol. The van der Waals surface area contributed by atoms with Crippen molar-refractivity contribution in [2.24, 2.45) is 4.99 Å². The van der Waals surface area contributed by atoms with E-state index in [0.717, 1.165) is 11.3 Å². The minimum absolute atomic E-state index is 0. The first-order chi connectivity index (χ1) is 8.53. The SMILES string of the molecule is [CH-]=NC(C)(C)C.[IrH+2].[c-]1ccccc1-c1ccccn1. The first kappa shape index (κ1) is 17.7. The molecule has 0 amide bonds. The molecule has 19 heavy (non-hydrogen) atoms. The van der Waals surface area contributed by atoms with Crippen molar-refractivity contribution >= 4 is 6.72 Å². The molecule has 0 aliphatic carbocycles. The molecule has 0 bridgehead atoms. The van der Waals surface area contributed by atoms with Crippen LogP contribution in [0.5, 0.6) is 0 Å². The molecule has 2 nitrogen and oxygen atoms in total. The zero-order valence-corrected chi connectivity index (χ0v) is 14.0. The second-order valence-electron chi connectivity index (χ2n) is 4.79. The summed E-state index contributed by atoms with van der Waals surface area (Å²) in [5, 5.41) is 0. The van der Waals surface area contributed by atoms with Gasteiger partial charge in [-0.05, 0) is 32.5 Å². The molecule has 2 aromatic rings. The summed E-state index contributed by atoms with van der Waals surface area (Å²) in [6, 6.07) is 16.8. The zero-order chi connectivity index (χ0) is 13.4. The molecule has 2 rings (SSSR count). The van der Waals surface area contributed by atoms with Crippen molar-refractivity contribution in [3.05, 3.63) is 54.7 Å². The van der Waals surface area contributed by atoms with E-state index in [4.69, 9.17) is 6.72 Å². The first-order valence-corrected chi connectivity index (χ1v) is 5.83. The van der Waals surface area contributed by atoms with Crippen LogP contribution in [0.25, 0.3) is 11.3 Å². The van der Waals surface area contributed by atoms with Crippen LogP contribution in [-0.4, -0.2) is 17.2 Å². The van der Waals surface area contributed by atoms with Crippen LogP contribution in [-0.2, 0) is 20.1 Å². The third-order valence-electron chi connectivity index (χ3n) is 2.04. The Bertz CT molecular complexity index is 424. The number of aromatic nitrogens is 1. The summed E-state index contributed by atoms with van der Waals surface area (Å²) in [5.74, 6) is 0. The predicted molar refractivity (Wildman–Crippen MR) is 78.1 cm³/mol. The maximum atomic E-state index is 4.93. The van der Waals surface area contributed by atoms with Crippen LogP contribution in [0, 0.1) is 6.07 Å². The van der Waals surface area contributed by atoms with E-state index in [1.54, 1.807) is 6.20 Å². The average Bonchev–Trinajstić information content (AvgIpc) is 2.41. The van der Waals surface area contributed by atoms with Gasteiger partial charge in [0.1, 0.15) is 0 Å². The van der Waals surface area contributed by atoms with Crippen LogP contribution in [0.1, 0.15) is 20.8 Å². The predicted octanol–water partition coefficient (Wildman–Crippen LogP) is 3.64. The molecule has 0 saturated heterocycles. The summed E-state index contributed by atoms with van der Waals surface area (Å²) >= 11 is 0. The maximum absolute atomic E-state index is 4.93. The van der Waals surface area contributed by atoms with Crippen LogP contribution >= 0.6 is 0 Å². The second kappa shape index (κ2) is 8.73. The Morgan fingerprint density at radius 1 is 1.11 bits per heavy atom. The van der Waals surface area contributed by atoms with Gasteiger partial charge < -0.3 is 16.7 Å². The number of pyridine rings is 1. The summed E-state index contributed by atoms with van der Waals surface area (Å²) < 4.78 is 0. The van der Waals surface area contributed by atoms with Gasteiger partial charge in [-0.3, -0.25) is 0 Å². The summed E-state index contributed by atoms with van der Waals surface area (Å²) in [4.78, 5) is 7.74. The van der Waals surface area contributed by atoms with Crippen LogP contribution in [0.3, 0.4) is 0 Å². The molecule has 1 radical (unpaired) electrons. The molecular weight excluding hydrogens is 412 g/mol. The average molecular weight is 432 g/mol. The molecule has 3 heteroatoms. The van der Waals surface area contributed by atoms with Crippen LogP contribution < -0.4 is 0 Å². The number of aliphatic imine (C=N–C) groups is 1. The molecule has 0 fully saturated rings. The number of hydrogen-bond acceptors (Lipinski definition) is 2. The van der Waals surface area contributed by atoms with E-state index in [0.29, 0.717) is 0 Å². The molecule has 0 unspecified atom stereocenters. The van der Waals surface area contributed by atoms with Gasteiger partial charge in [0.05, 0.1) is 0 Å². The molecule has 1 aromatic heterocycles. The second-order valence-corrected chi connectivity index (χ2v) is 4.79. The van der Waals surface area contributed by atoms with Gasteiger partial charge in [0, 0.05) is 11.7 Å². The Hall–Kier alpha value is -1.31. The summed E-state index contributed by atoms with van der Waals surface area (Å²) in [6.07, 6.45) is 1.79. The van der Waals surface area contributed by atoms with Gasteiger partial charge in [-0.1, -0.05) is 12.1 Å². The first-order valence-electron chi connectivity index (χ1n) is 5.83. The van der Waals surface area contributed by atoms with Crippen molar-refractivity contribution in [3.63, 3.8) is 0 Å². The Morgan fingerprint density at radius 3 is 2.16 bits per heavy atom. The van der Waals surface area contributed by atoms with Gasteiger partial charge in [-0.25, -0.2) is 0 Å². The largest absolute Gasteiger partial charge is 0.305 e. The Labute approximate surface area is 129 Å².